The van der Waals surface area contributed by atoms with Crippen molar-refractivity contribution in [3.05, 3.63) is 47.5 Å². The second kappa shape index (κ2) is 6.06. The summed E-state index contributed by atoms with van der Waals surface area (Å²) in [5, 5.41) is 0. The Bertz CT molecular complexity index is 753. The summed E-state index contributed by atoms with van der Waals surface area (Å²) >= 11 is 0. The second-order valence-corrected chi connectivity index (χ2v) is 6.74. The summed E-state index contributed by atoms with van der Waals surface area (Å²) in [5.41, 5.74) is 3.82. The predicted octanol–water partition coefficient (Wildman–Crippen LogP) is 2.88. The highest BCUT2D eigenvalue weighted by Gasteiger charge is 2.39. The van der Waals surface area contributed by atoms with Crippen LogP contribution in [-0.4, -0.2) is 45.7 Å². The van der Waals surface area contributed by atoms with E-state index >= 15 is 0 Å². The maximum Gasteiger partial charge on any atom is 0.256 e. The Morgan fingerprint density at radius 1 is 1.33 bits per heavy atom. The van der Waals surface area contributed by atoms with Crippen molar-refractivity contribution in [3.63, 3.8) is 0 Å². The van der Waals surface area contributed by atoms with Gasteiger partial charge in [-0.05, 0) is 51.3 Å². The molecule has 0 aromatic carbocycles. The molecule has 2 fully saturated rings. The Kier molecular flexibility index (Phi) is 3.88. The fourth-order valence-electron chi connectivity index (χ4n) is 4.20. The zero-order valence-electron chi connectivity index (χ0n) is 14.2. The van der Waals surface area contributed by atoms with Crippen LogP contribution >= 0.6 is 0 Å². The molecule has 2 atom stereocenters. The van der Waals surface area contributed by atoms with Gasteiger partial charge >= 0.3 is 0 Å². The Morgan fingerprint density at radius 3 is 3.00 bits per heavy atom. The number of pyridine rings is 1. The fourth-order valence-corrected chi connectivity index (χ4v) is 4.20. The number of ether oxygens (including phenoxy) is 1. The molecule has 0 spiro atoms. The number of morpholine rings is 1. The quantitative estimate of drug-likeness (QED) is 0.853. The number of hydrogen-bond acceptors (Lipinski definition) is 3. The number of rotatable bonds is 2. The van der Waals surface area contributed by atoms with Crippen molar-refractivity contribution < 1.29 is 9.53 Å². The largest absolute Gasteiger partial charge is 0.374 e. The van der Waals surface area contributed by atoms with Crippen molar-refractivity contribution in [3.8, 4) is 5.69 Å². The fraction of sp³-hybridized carbons (Fsp3) is 0.474. The van der Waals surface area contributed by atoms with E-state index in [9.17, 15) is 4.79 Å². The molecule has 0 N–H and O–H groups in total. The third-order valence-electron chi connectivity index (χ3n) is 5.31. The normalized spacial score (nSPS) is 23.3. The first-order valence-electron chi connectivity index (χ1n) is 8.68. The molecule has 24 heavy (non-hydrogen) atoms. The molecule has 0 bridgehead atoms. The Balaban J connectivity index is 1.68. The highest BCUT2D eigenvalue weighted by atomic mass is 16.5. The lowest BCUT2D eigenvalue weighted by Crippen LogP contribution is -2.51. The molecule has 1 saturated carbocycles. The lowest BCUT2D eigenvalue weighted by atomic mass is 10.1. The lowest BCUT2D eigenvalue weighted by Gasteiger charge is -2.37. The second-order valence-electron chi connectivity index (χ2n) is 6.74. The number of hydrogen-bond donors (Lipinski definition) is 0. The molecule has 1 saturated heterocycles. The van der Waals surface area contributed by atoms with E-state index in [2.05, 4.69) is 9.55 Å². The van der Waals surface area contributed by atoms with E-state index in [4.69, 9.17) is 4.74 Å². The van der Waals surface area contributed by atoms with Gasteiger partial charge in [-0.2, -0.15) is 0 Å². The smallest absolute Gasteiger partial charge is 0.256 e. The number of amides is 1. The molecule has 0 radical (unpaired) electrons. The van der Waals surface area contributed by atoms with Gasteiger partial charge in [0.25, 0.3) is 5.91 Å². The summed E-state index contributed by atoms with van der Waals surface area (Å²) in [6, 6.07) is 6.18. The summed E-state index contributed by atoms with van der Waals surface area (Å²) in [4.78, 5) is 19.4. The molecular weight excluding hydrogens is 302 g/mol. The van der Waals surface area contributed by atoms with Crippen molar-refractivity contribution in [2.24, 2.45) is 0 Å². The van der Waals surface area contributed by atoms with Crippen LogP contribution in [0.1, 0.15) is 41.0 Å². The van der Waals surface area contributed by atoms with Gasteiger partial charge in [-0.25, -0.2) is 0 Å². The topological polar surface area (TPSA) is 47.4 Å². The van der Waals surface area contributed by atoms with Crippen molar-refractivity contribution in [1.82, 2.24) is 14.5 Å². The van der Waals surface area contributed by atoms with Crippen LogP contribution in [0.5, 0.6) is 0 Å². The van der Waals surface area contributed by atoms with E-state index < -0.39 is 0 Å². The van der Waals surface area contributed by atoms with Crippen LogP contribution in [0.25, 0.3) is 5.69 Å². The van der Waals surface area contributed by atoms with Gasteiger partial charge in [0.2, 0.25) is 0 Å². The SMILES string of the molecule is Cc1cc(C(=O)N2CCO[C@H]3CCC[C@H]32)c(C)n1-c1cccnc1. The minimum atomic E-state index is 0.137. The summed E-state index contributed by atoms with van der Waals surface area (Å²) in [5.74, 6) is 0.137. The average molecular weight is 325 g/mol. The van der Waals surface area contributed by atoms with E-state index in [0.29, 0.717) is 13.2 Å². The zero-order chi connectivity index (χ0) is 16.7. The van der Waals surface area contributed by atoms with Crippen molar-refractivity contribution >= 4 is 5.91 Å². The molecule has 5 nitrogen and oxygen atoms in total. The number of carbonyl (C=O) groups excluding carboxylic acids is 1. The molecule has 126 valence electrons. The van der Waals surface area contributed by atoms with Crippen LogP contribution in [0.2, 0.25) is 0 Å². The standard InChI is InChI=1S/C19H23N3O2/c1-13-11-16(14(2)22(13)15-5-4-8-20-12-15)19(23)21-9-10-24-18-7-3-6-17(18)21/h4-5,8,11-12,17-18H,3,6-7,9-10H2,1-2H3/t17-,18+/m1/s1. The number of nitrogens with zero attached hydrogens (tertiary/aromatic N) is 3. The van der Waals surface area contributed by atoms with E-state index in [1.165, 1.54) is 0 Å². The number of aryl methyl sites for hydroxylation is 1. The Hall–Kier alpha value is -2.14. The molecule has 1 amide bonds. The maximum atomic E-state index is 13.2. The monoisotopic (exact) mass is 325 g/mol. The van der Waals surface area contributed by atoms with E-state index in [-0.39, 0.29) is 18.1 Å². The molecule has 4 rings (SSSR count). The molecular formula is C19H23N3O2. The van der Waals surface area contributed by atoms with Gasteiger partial charge in [0, 0.05) is 24.1 Å². The number of aromatic nitrogens is 2. The molecule has 2 aliphatic rings. The first-order chi connectivity index (χ1) is 11.7. The summed E-state index contributed by atoms with van der Waals surface area (Å²) in [6.45, 7) is 5.39. The van der Waals surface area contributed by atoms with Crippen LogP contribution in [0.4, 0.5) is 0 Å². The van der Waals surface area contributed by atoms with Crippen LogP contribution in [0.15, 0.2) is 30.6 Å². The molecule has 2 aromatic rings. The van der Waals surface area contributed by atoms with Gasteiger partial charge in [0.1, 0.15) is 0 Å². The maximum absolute atomic E-state index is 13.2. The number of carbonyl (C=O) groups is 1. The van der Waals surface area contributed by atoms with Crippen LogP contribution in [0, 0.1) is 13.8 Å². The third-order valence-corrected chi connectivity index (χ3v) is 5.31. The highest BCUT2D eigenvalue weighted by Crippen LogP contribution is 2.31. The van der Waals surface area contributed by atoms with Gasteiger partial charge in [-0.3, -0.25) is 9.78 Å². The van der Waals surface area contributed by atoms with Gasteiger partial charge in [0.15, 0.2) is 0 Å². The van der Waals surface area contributed by atoms with Crippen LogP contribution < -0.4 is 0 Å². The van der Waals surface area contributed by atoms with E-state index in [0.717, 1.165) is 41.9 Å². The van der Waals surface area contributed by atoms with Crippen molar-refractivity contribution in [1.29, 1.82) is 0 Å². The highest BCUT2D eigenvalue weighted by molar-refractivity contribution is 5.96. The van der Waals surface area contributed by atoms with Crippen LogP contribution in [-0.2, 0) is 4.74 Å². The molecule has 1 aliphatic heterocycles. The zero-order valence-corrected chi connectivity index (χ0v) is 14.2. The van der Waals surface area contributed by atoms with E-state index in [1.54, 1.807) is 6.20 Å². The van der Waals surface area contributed by atoms with E-state index in [1.807, 2.05) is 43.1 Å². The minimum Gasteiger partial charge on any atom is -0.374 e. The first-order valence-corrected chi connectivity index (χ1v) is 8.68. The molecule has 3 heterocycles. The summed E-state index contributed by atoms with van der Waals surface area (Å²) in [6.07, 6.45) is 7.09. The third kappa shape index (κ3) is 2.44. The Labute approximate surface area is 142 Å². The van der Waals surface area contributed by atoms with Gasteiger partial charge < -0.3 is 14.2 Å². The lowest BCUT2D eigenvalue weighted by molar-refractivity contribution is -0.0445. The molecule has 1 aliphatic carbocycles. The first kappa shape index (κ1) is 15.4. The Morgan fingerprint density at radius 2 is 2.21 bits per heavy atom. The molecule has 2 aromatic heterocycles. The molecule has 5 heteroatoms. The average Bonchev–Trinajstić information content (AvgIpc) is 3.19. The van der Waals surface area contributed by atoms with Crippen molar-refractivity contribution in [2.75, 3.05) is 13.2 Å². The van der Waals surface area contributed by atoms with Crippen LogP contribution in [0.3, 0.4) is 0 Å². The molecule has 0 unspecified atom stereocenters. The minimum absolute atomic E-state index is 0.137. The van der Waals surface area contributed by atoms with Crippen molar-refractivity contribution in [2.45, 2.75) is 45.3 Å². The van der Waals surface area contributed by atoms with Gasteiger partial charge in [-0.1, -0.05) is 0 Å². The predicted molar refractivity (Wildman–Crippen MR) is 91.5 cm³/mol. The number of fused-ring (bicyclic) bond motifs is 1. The summed E-state index contributed by atoms with van der Waals surface area (Å²) < 4.78 is 7.94. The van der Waals surface area contributed by atoms with Gasteiger partial charge in [0.05, 0.1) is 36.2 Å². The summed E-state index contributed by atoms with van der Waals surface area (Å²) in [7, 11) is 0. The van der Waals surface area contributed by atoms with Gasteiger partial charge in [-0.15, -0.1) is 0 Å².